The third kappa shape index (κ3) is 3.07. The van der Waals surface area contributed by atoms with Crippen molar-refractivity contribution < 1.29 is 9.31 Å². The van der Waals surface area contributed by atoms with Crippen molar-refractivity contribution in [1.82, 2.24) is 4.90 Å². The zero-order chi connectivity index (χ0) is 15.0. The Morgan fingerprint density at radius 2 is 2.19 bits per heavy atom. The summed E-state index contributed by atoms with van der Waals surface area (Å²) >= 11 is 0. The van der Waals surface area contributed by atoms with Crippen LogP contribution in [0.4, 0.5) is 10.1 Å². The molecule has 0 saturated heterocycles. The van der Waals surface area contributed by atoms with Crippen LogP contribution >= 0.6 is 0 Å². The Kier molecular flexibility index (Phi) is 3.93. The first-order valence-electron chi connectivity index (χ1n) is 7.64. The highest BCUT2D eigenvalue weighted by Crippen LogP contribution is 2.48. The number of rotatable bonds is 5. The van der Waals surface area contributed by atoms with Gasteiger partial charge in [0.1, 0.15) is 0 Å². The van der Waals surface area contributed by atoms with Crippen LogP contribution in [0.1, 0.15) is 31.2 Å². The average Bonchev–Trinajstić information content (AvgIpc) is 3.00. The van der Waals surface area contributed by atoms with E-state index in [1.807, 2.05) is 7.05 Å². The second-order valence-electron chi connectivity index (χ2n) is 6.67. The molecule has 0 aromatic heterocycles. The van der Waals surface area contributed by atoms with Crippen LogP contribution < -0.4 is 0 Å². The highest BCUT2D eigenvalue weighted by atomic mass is 19.1. The molecular formula is C16H21FN2O2. The van der Waals surface area contributed by atoms with E-state index in [1.165, 1.54) is 37.8 Å². The predicted octanol–water partition coefficient (Wildman–Crippen LogP) is 3.60. The van der Waals surface area contributed by atoms with E-state index >= 15 is 0 Å². The van der Waals surface area contributed by atoms with Gasteiger partial charge < -0.3 is 4.90 Å². The number of nitro groups is 1. The highest BCUT2D eigenvalue weighted by Gasteiger charge is 2.39. The SMILES string of the molecule is CN(Cc1ccc([N+](=O)[O-])c(F)c1)CC1CC2CCC1C2. The monoisotopic (exact) mass is 292 g/mol. The first-order valence-corrected chi connectivity index (χ1v) is 7.64. The van der Waals surface area contributed by atoms with Crippen LogP contribution in [0.15, 0.2) is 18.2 Å². The van der Waals surface area contributed by atoms with Crippen molar-refractivity contribution >= 4 is 5.69 Å². The molecule has 2 saturated carbocycles. The third-order valence-electron chi connectivity index (χ3n) is 5.09. The molecular weight excluding hydrogens is 271 g/mol. The van der Waals surface area contributed by atoms with Gasteiger partial charge in [0.15, 0.2) is 0 Å². The van der Waals surface area contributed by atoms with Crippen molar-refractivity contribution in [2.24, 2.45) is 17.8 Å². The molecule has 2 fully saturated rings. The Morgan fingerprint density at radius 3 is 2.76 bits per heavy atom. The fraction of sp³-hybridized carbons (Fsp3) is 0.625. The summed E-state index contributed by atoms with van der Waals surface area (Å²) < 4.78 is 13.6. The Labute approximate surface area is 124 Å². The highest BCUT2D eigenvalue weighted by molar-refractivity contribution is 5.34. The quantitative estimate of drug-likeness (QED) is 0.615. The zero-order valence-corrected chi connectivity index (χ0v) is 12.3. The van der Waals surface area contributed by atoms with Gasteiger partial charge in [-0.2, -0.15) is 4.39 Å². The summed E-state index contributed by atoms with van der Waals surface area (Å²) in [6, 6.07) is 4.20. The Hall–Kier alpha value is -1.49. The van der Waals surface area contributed by atoms with Crippen molar-refractivity contribution in [3.63, 3.8) is 0 Å². The molecule has 3 atom stereocenters. The number of hydrogen-bond donors (Lipinski definition) is 0. The minimum Gasteiger partial charge on any atom is -0.302 e. The topological polar surface area (TPSA) is 46.4 Å². The molecule has 0 radical (unpaired) electrons. The summed E-state index contributed by atoms with van der Waals surface area (Å²) in [7, 11) is 2.05. The number of nitro benzene ring substituents is 1. The fourth-order valence-electron chi connectivity index (χ4n) is 4.17. The molecule has 0 amide bonds. The Balaban J connectivity index is 1.58. The van der Waals surface area contributed by atoms with E-state index < -0.39 is 16.4 Å². The lowest BCUT2D eigenvalue weighted by molar-refractivity contribution is -0.387. The summed E-state index contributed by atoms with van der Waals surface area (Å²) in [6.45, 7) is 1.68. The van der Waals surface area contributed by atoms with Gasteiger partial charge in [-0.15, -0.1) is 0 Å². The number of halogens is 1. The van der Waals surface area contributed by atoms with Gasteiger partial charge in [-0.1, -0.05) is 12.5 Å². The molecule has 1 aromatic rings. The predicted molar refractivity (Wildman–Crippen MR) is 78.3 cm³/mol. The van der Waals surface area contributed by atoms with Crippen LogP contribution in [0.2, 0.25) is 0 Å². The van der Waals surface area contributed by atoms with Gasteiger partial charge in [-0.3, -0.25) is 10.1 Å². The van der Waals surface area contributed by atoms with Gasteiger partial charge in [0.05, 0.1) is 4.92 Å². The molecule has 2 bridgehead atoms. The number of hydrogen-bond acceptors (Lipinski definition) is 3. The van der Waals surface area contributed by atoms with E-state index in [4.69, 9.17) is 0 Å². The second kappa shape index (κ2) is 5.72. The molecule has 114 valence electrons. The van der Waals surface area contributed by atoms with E-state index in [0.717, 1.165) is 29.9 Å². The minimum absolute atomic E-state index is 0.450. The first-order chi connectivity index (χ1) is 10.0. The lowest BCUT2D eigenvalue weighted by Gasteiger charge is -2.27. The van der Waals surface area contributed by atoms with Gasteiger partial charge in [-0.25, -0.2) is 0 Å². The van der Waals surface area contributed by atoms with Gasteiger partial charge >= 0.3 is 5.69 Å². The molecule has 0 N–H and O–H groups in total. The van der Waals surface area contributed by atoms with Gasteiger partial charge in [0, 0.05) is 19.2 Å². The summed E-state index contributed by atoms with van der Waals surface area (Å²) in [5.41, 5.74) is 0.346. The van der Waals surface area contributed by atoms with Crippen molar-refractivity contribution in [2.75, 3.05) is 13.6 Å². The minimum atomic E-state index is -0.745. The molecule has 3 rings (SSSR count). The molecule has 2 aliphatic carbocycles. The van der Waals surface area contributed by atoms with E-state index in [2.05, 4.69) is 4.90 Å². The van der Waals surface area contributed by atoms with Crippen LogP contribution in [-0.4, -0.2) is 23.4 Å². The van der Waals surface area contributed by atoms with Crippen LogP contribution in [0, 0.1) is 33.7 Å². The lowest BCUT2D eigenvalue weighted by atomic mass is 9.88. The van der Waals surface area contributed by atoms with Gasteiger partial charge in [0.2, 0.25) is 5.82 Å². The van der Waals surface area contributed by atoms with Crippen molar-refractivity contribution in [2.45, 2.75) is 32.2 Å². The van der Waals surface area contributed by atoms with Gasteiger partial charge in [0.25, 0.3) is 0 Å². The Bertz CT molecular complexity index is 549. The maximum atomic E-state index is 13.6. The first kappa shape index (κ1) is 14.4. The largest absolute Gasteiger partial charge is 0.304 e. The maximum Gasteiger partial charge on any atom is 0.304 e. The number of fused-ring (bicyclic) bond motifs is 2. The van der Waals surface area contributed by atoms with E-state index in [1.54, 1.807) is 6.07 Å². The Morgan fingerprint density at radius 1 is 1.38 bits per heavy atom. The van der Waals surface area contributed by atoms with Crippen LogP contribution in [0.5, 0.6) is 0 Å². The summed E-state index contributed by atoms with van der Waals surface area (Å²) in [5, 5.41) is 10.6. The maximum absolute atomic E-state index is 13.6. The molecule has 1 aromatic carbocycles. The molecule has 2 aliphatic rings. The van der Waals surface area contributed by atoms with E-state index in [0.29, 0.717) is 6.54 Å². The summed E-state index contributed by atoms with van der Waals surface area (Å²) in [4.78, 5) is 12.1. The molecule has 5 heteroatoms. The fourth-order valence-corrected chi connectivity index (χ4v) is 4.17. The molecule has 3 unspecified atom stereocenters. The molecule has 4 nitrogen and oxygen atoms in total. The molecule has 0 spiro atoms. The average molecular weight is 292 g/mol. The smallest absolute Gasteiger partial charge is 0.302 e. The second-order valence-corrected chi connectivity index (χ2v) is 6.67. The molecule has 0 heterocycles. The van der Waals surface area contributed by atoms with Gasteiger partial charge in [-0.05, 0) is 55.7 Å². The zero-order valence-electron chi connectivity index (χ0n) is 12.3. The van der Waals surface area contributed by atoms with Crippen molar-refractivity contribution in [3.8, 4) is 0 Å². The van der Waals surface area contributed by atoms with Crippen LogP contribution in [0.25, 0.3) is 0 Å². The molecule has 21 heavy (non-hydrogen) atoms. The van der Waals surface area contributed by atoms with Crippen molar-refractivity contribution in [1.29, 1.82) is 0 Å². The van der Waals surface area contributed by atoms with Crippen molar-refractivity contribution in [3.05, 3.63) is 39.7 Å². The normalized spacial score (nSPS) is 27.5. The number of benzene rings is 1. The lowest BCUT2D eigenvalue weighted by Crippen LogP contribution is -2.28. The summed E-state index contributed by atoms with van der Waals surface area (Å²) in [6.07, 6.45) is 5.50. The van der Waals surface area contributed by atoms with E-state index in [9.17, 15) is 14.5 Å². The standard InChI is InChI=1S/C16H21FN2O2/c1-18(10-14-7-11-2-4-13(14)6-11)9-12-3-5-16(19(20)21)15(17)8-12/h3,5,8,11,13-14H,2,4,6-7,9-10H2,1H3. The van der Waals surface area contributed by atoms with Crippen LogP contribution in [-0.2, 0) is 6.54 Å². The molecule has 0 aliphatic heterocycles. The summed E-state index contributed by atoms with van der Waals surface area (Å²) in [5.74, 6) is 1.85. The number of nitrogens with zero attached hydrogens (tertiary/aromatic N) is 2. The third-order valence-corrected chi connectivity index (χ3v) is 5.09. The van der Waals surface area contributed by atoms with Crippen LogP contribution in [0.3, 0.4) is 0 Å². The van der Waals surface area contributed by atoms with E-state index in [-0.39, 0.29) is 0 Å².